The molecule has 0 aromatic carbocycles. The number of likely N-dealkylation sites (tertiary alicyclic amines) is 1. The van der Waals surface area contributed by atoms with E-state index in [2.05, 4.69) is 16.9 Å². The first-order valence-corrected chi connectivity index (χ1v) is 9.86. The largest absolute Gasteiger partial charge is 0.338 e. The van der Waals surface area contributed by atoms with E-state index in [1.54, 1.807) is 11.3 Å². The lowest BCUT2D eigenvalue weighted by Gasteiger charge is -2.32. The molecule has 0 aliphatic carbocycles. The maximum absolute atomic E-state index is 12.7. The van der Waals surface area contributed by atoms with E-state index in [-0.39, 0.29) is 11.8 Å². The van der Waals surface area contributed by atoms with E-state index in [0.29, 0.717) is 0 Å². The second-order valence-corrected chi connectivity index (χ2v) is 8.34. The van der Waals surface area contributed by atoms with Gasteiger partial charge in [0.25, 0.3) is 5.91 Å². The van der Waals surface area contributed by atoms with Crippen LogP contribution in [0.25, 0.3) is 0 Å². The maximum Gasteiger partial charge on any atom is 0.254 e. The fourth-order valence-electron chi connectivity index (χ4n) is 3.78. The number of carbonyl (C=O) groups excluding carboxylic acids is 1. The number of rotatable bonds is 2. The van der Waals surface area contributed by atoms with Crippen LogP contribution in [0.1, 0.15) is 51.1 Å². The number of hydrogen-bond acceptors (Lipinski definition) is 5. The first-order chi connectivity index (χ1) is 12.1. The first-order valence-electron chi connectivity index (χ1n) is 8.98. The van der Waals surface area contributed by atoms with E-state index in [9.17, 15) is 4.79 Å². The predicted molar refractivity (Wildman–Crippen MR) is 99.0 cm³/mol. The van der Waals surface area contributed by atoms with Crippen molar-refractivity contribution in [1.29, 1.82) is 0 Å². The molecule has 1 fully saturated rings. The van der Waals surface area contributed by atoms with Gasteiger partial charge in [0.15, 0.2) is 0 Å². The fraction of sp³-hybridized carbons (Fsp3) is 0.526. The minimum atomic E-state index is 0.147. The summed E-state index contributed by atoms with van der Waals surface area (Å²) in [5.74, 6) is 1.32. The smallest absolute Gasteiger partial charge is 0.254 e. The average molecular weight is 356 g/mol. The van der Waals surface area contributed by atoms with Crippen LogP contribution in [0.3, 0.4) is 0 Å². The summed E-state index contributed by atoms with van der Waals surface area (Å²) in [4.78, 5) is 27.7. The van der Waals surface area contributed by atoms with Gasteiger partial charge in [-0.25, -0.2) is 9.97 Å². The average Bonchev–Trinajstić information content (AvgIpc) is 3.07. The van der Waals surface area contributed by atoms with Crippen molar-refractivity contribution < 1.29 is 4.79 Å². The third-order valence-corrected chi connectivity index (χ3v) is 6.06. The molecule has 2 aliphatic rings. The van der Waals surface area contributed by atoms with Crippen LogP contribution in [0.15, 0.2) is 17.6 Å². The number of hydrogen-bond donors (Lipinski definition) is 0. The maximum atomic E-state index is 12.7. The van der Waals surface area contributed by atoms with E-state index in [0.717, 1.165) is 56.8 Å². The lowest BCUT2D eigenvalue weighted by Crippen LogP contribution is -2.39. The number of aryl methyl sites for hydroxylation is 1. The third-order valence-electron chi connectivity index (χ3n) is 5.19. The number of aromatic nitrogens is 2. The number of piperidine rings is 1. The molecule has 132 valence electrons. The summed E-state index contributed by atoms with van der Waals surface area (Å²) >= 11 is 1.63. The lowest BCUT2D eigenvalue weighted by atomic mass is 9.96. The zero-order valence-corrected chi connectivity index (χ0v) is 15.7. The van der Waals surface area contributed by atoms with Crippen molar-refractivity contribution >= 4 is 17.2 Å². The van der Waals surface area contributed by atoms with E-state index in [4.69, 9.17) is 4.98 Å². The monoisotopic (exact) mass is 356 g/mol. The quantitative estimate of drug-likeness (QED) is 0.830. The highest BCUT2D eigenvalue weighted by atomic mass is 32.1. The Hall–Kier alpha value is -1.79. The molecule has 2 aromatic rings. The van der Waals surface area contributed by atoms with Gasteiger partial charge in [-0.05, 0) is 32.9 Å². The molecule has 0 saturated carbocycles. The van der Waals surface area contributed by atoms with Gasteiger partial charge in [-0.3, -0.25) is 4.79 Å². The van der Waals surface area contributed by atoms with Crippen molar-refractivity contribution in [2.45, 2.75) is 38.6 Å². The molecule has 4 rings (SSSR count). The molecule has 1 atom stereocenters. The van der Waals surface area contributed by atoms with Crippen LogP contribution in [0.2, 0.25) is 0 Å². The standard InChI is InChI=1S/C19H24N4OS/c1-13-8-15(12-25-13)19(24)23-6-3-4-14(11-23)18-20-9-16-10-22(2)7-5-17(16)21-18/h8-9,12,14H,3-7,10-11H2,1-2H3/t14-/m0/s1. The Morgan fingerprint density at radius 3 is 3.04 bits per heavy atom. The molecule has 6 heteroatoms. The molecule has 2 aliphatic heterocycles. The first kappa shape index (κ1) is 16.7. The van der Waals surface area contributed by atoms with Crippen molar-refractivity contribution in [3.8, 4) is 0 Å². The SMILES string of the molecule is Cc1cc(C(=O)N2CCC[C@H](c3ncc4c(n3)CCN(C)C4)C2)cs1. The summed E-state index contributed by atoms with van der Waals surface area (Å²) in [7, 11) is 2.13. The van der Waals surface area contributed by atoms with Crippen LogP contribution < -0.4 is 0 Å². The number of fused-ring (bicyclic) bond motifs is 1. The summed E-state index contributed by atoms with van der Waals surface area (Å²) in [6.07, 6.45) is 5.06. The molecule has 1 saturated heterocycles. The highest BCUT2D eigenvalue weighted by Gasteiger charge is 2.28. The zero-order chi connectivity index (χ0) is 17.4. The highest BCUT2D eigenvalue weighted by Crippen LogP contribution is 2.27. The van der Waals surface area contributed by atoms with Gasteiger partial charge >= 0.3 is 0 Å². The minimum absolute atomic E-state index is 0.147. The van der Waals surface area contributed by atoms with Crippen LogP contribution in [-0.4, -0.2) is 52.4 Å². The Morgan fingerprint density at radius 2 is 2.24 bits per heavy atom. The van der Waals surface area contributed by atoms with E-state index >= 15 is 0 Å². The Morgan fingerprint density at radius 1 is 1.36 bits per heavy atom. The molecule has 0 bridgehead atoms. The summed E-state index contributed by atoms with van der Waals surface area (Å²) in [5, 5.41) is 1.97. The van der Waals surface area contributed by atoms with Gasteiger partial charge < -0.3 is 9.80 Å². The van der Waals surface area contributed by atoms with Crippen molar-refractivity contribution in [2.24, 2.45) is 0 Å². The molecule has 0 spiro atoms. The van der Waals surface area contributed by atoms with E-state index < -0.39 is 0 Å². The molecular weight excluding hydrogens is 332 g/mol. The van der Waals surface area contributed by atoms with Crippen molar-refractivity contribution in [2.75, 3.05) is 26.7 Å². The number of thiophene rings is 1. The summed E-state index contributed by atoms with van der Waals surface area (Å²) in [6.45, 7) is 5.59. The molecule has 0 unspecified atom stereocenters. The van der Waals surface area contributed by atoms with Crippen molar-refractivity contribution in [3.05, 3.63) is 45.2 Å². The molecule has 5 nitrogen and oxygen atoms in total. The lowest BCUT2D eigenvalue weighted by molar-refractivity contribution is 0.0705. The molecule has 4 heterocycles. The summed E-state index contributed by atoms with van der Waals surface area (Å²) < 4.78 is 0. The van der Waals surface area contributed by atoms with Gasteiger partial charge in [0.1, 0.15) is 5.82 Å². The Labute approximate surface area is 152 Å². The van der Waals surface area contributed by atoms with Gasteiger partial charge in [-0.15, -0.1) is 11.3 Å². The van der Waals surface area contributed by atoms with Crippen LogP contribution in [0, 0.1) is 6.92 Å². The number of amides is 1. The summed E-state index contributed by atoms with van der Waals surface area (Å²) in [6, 6.07) is 1.99. The number of carbonyl (C=O) groups is 1. The molecule has 2 aromatic heterocycles. The van der Waals surface area contributed by atoms with Gasteiger partial charge in [0, 0.05) is 66.2 Å². The van der Waals surface area contributed by atoms with Crippen LogP contribution in [0.5, 0.6) is 0 Å². The summed E-state index contributed by atoms with van der Waals surface area (Å²) in [5.41, 5.74) is 3.26. The third kappa shape index (κ3) is 3.46. The van der Waals surface area contributed by atoms with E-state index in [1.165, 1.54) is 16.1 Å². The van der Waals surface area contributed by atoms with Crippen molar-refractivity contribution in [3.63, 3.8) is 0 Å². The van der Waals surface area contributed by atoms with E-state index in [1.807, 2.05) is 29.5 Å². The Balaban J connectivity index is 1.50. The number of nitrogens with zero attached hydrogens (tertiary/aromatic N) is 4. The van der Waals surface area contributed by atoms with Crippen LogP contribution in [0.4, 0.5) is 0 Å². The normalized spacial score (nSPS) is 21.2. The van der Waals surface area contributed by atoms with Gasteiger partial charge in [0.05, 0.1) is 5.56 Å². The zero-order valence-electron chi connectivity index (χ0n) is 14.9. The molecular formula is C19H24N4OS. The second kappa shape index (κ2) is 6.84. The van der Waals surface area contributed by atoms with Crippen LogP contribution in [-0.2, 0) is 13.0 Å². The Bertz CT molecular complexity index is 787. The molecule has 0 radical (unpaired) electrons. The molecule has 1 amide bonds. The highest BCUT2D eigenvalue weighted by molar-refractivity contribution is 7.10. The topological polar surface area (TPSA) is 49.3 Å². The van der Waals surface area contributed by atoms with Gasteiger partial charge in [-0.1, -0.05) is 0 Å². The van der Waals surface area contributed by atoms with Crippen molar-refractivity contribution in [1.82, 2.24) is 19.8 Å². The molecule has 0 N–H and O–H groups in total. The van der Waals surface area contributed by atoms with Crippen LogP contribution >= 0.6 is 11.3 Å². The second-order valence-electron chi connectivity index (χ2n) is 7.22. The molecule has 25 heavy (non-hydrogen) atoms. The van der Waals surface area contributed by atoms with Gasteiger partial charge in [0.2, 0.25) is 0 Å². The number of likely N-dealkylation sites (N-methyl/N-ethyl adjacent to an activating group) is 1. The van der Waals surface area contributed by atoms with Gasteiger partial charge in [-0.2, -0.15) is 0 Å². The predicted octanol–water partition coefficient (Wildman–Crippen LogP) is 2.85. The minimum Gasteiger partial charge on any atom is -0.338 e. The Kier molecular flexibility index (Phi) is 4.56. The fourth-order valence-corrected chi connectivity index (χ4v) is 4.46.